The molecule has 2 atom stereocenters. The lowest BCUT2D eigenvalue weighted by Gasteiger charge is -2.37. The Morgan fingerprint density at radius 3 is 2.41 bits per heavy atom. The van der Waals surface area contributed by atoms with E-state index in [1.54, 1.807) is 39.8 Å². The van der Waals surface area contributed by atoms with Crippen molar-refractivity contribution in [2.75, 3.05) is 13.2 Å². The van der Waals surface area contributed by atoms with Gasteiger partial charge in [0.05, 0.1) is 11.0 Å². The van der Waals surface area contributed by atoms with E-state index < -0.39 is 40.1 Å². The fourth-order valence-electron chi connectivity index (χ4n) is 4.92. The van der Waals surface area contributed by atoms with E-state index in [4.69, 9.17) is 14.2 Å². The summed E-state index contributed by atoms with van der Waals surface area (Å²) in [5.41, 5.74) is 2.37. The van der Waals surface area contributed by atoms with Crippen molar-refractivity contribution in [2.24, 2.45) is 5.16 Å². The lowest BCUT2D eigenvalue weighted by Crippen LogP contribution is -2.45. The Morgan fingerprint density at radius 1 is 1.15 bits per heavy atom. The van der Waals surface area contributed by atoms with Crippen LogP contribution in [0.5, 0.6) is 17.2 Å². The molecular formula is C30H36N2O8S. The number of aromatic hydroxyl groups is 1. The smallest absolute Gasteiger partial charge is 0.326 e. The number of thioether (sulfide) groups is 1. The van der Waals surface area contributed by atoms with E-state index in [0.717, 1.165) is 27.8 Å². The molecule has 2 aromatic carbocycles. The topological polar surface area (TPSA) is 135 Å². The largest absolute Gasteiger partial charge is 0.507 e. The van der Waals surface area contributed by atoms with Crippen LogP contribution in [-0.4, -0.2) is 67.6 Å². The molecule has 0 radical (unpaired) electrons. The second kappa shape index (κ2) is 11.3. The predicted octanol–water partition coefficient (Wildman–Crippen LogP) is 5.06. The van der Waals surface area contributed by atoms with Crippen molar-refractivity contribution in [3.63, 3.8) is 0 Å². The summed E-state index contributed by atoms with van der Waals surface area (Å²) in [4.78, 5) is 38.3. The minimum absolute atomic E-state index is 0.156. The zero-order valence-corrected chi connectivity index (χ0v) is 25.2. The Bertz CT molecular complexity index is 1410. The van der Waals surface area contributed by atoms with E-state index in [9.17, 15) is 24.7 Å². The van der Waals surface area contributed by atoms with Gasteiger partial charge in [0.25, 0.3) is 5.24 Å². The van der Waals surface area contributed by atoms with Gasteiger partial charge in [-0.25, -0.2) is 0 Å². The number of nitrogens with zero attached hydrogens (tertiary/aromatic N) is 2. The number of ether oxygens (including phenoxy) is 3. The van der Waals surface area contributed by atoms with Crippen molar-refractivity contribution >= 4 is 34.6 Å². The van der Waals surface area contributed by atoms with Crippen LogP contribution in [0.2, 0.25) is 0 Å². The number of carbonyl (C=O) groups is 3. The van der Waals surface area contributed by atoms with E-state index >= 15 is 0 Å². The van der Waals surface area contributed by atoms with Gasteiger partial charge in [-0.2, -0.15) is 0 Å². The van der Waals surface area contributed by atoms with Crippen LogP contribution in [0.25, 0.3) is 0 Å². The number of esters is 1. The molecule has 2 amide bonds. The van der Waals surface area contributed by atoms with Gasteiger partial charge in [0.1, 0.15) is 41.6 Å². The monoisotopic (exact) mass is 584 g/mol. The third-order valence-electron chi connectivity index (χ3n) is 7.12. The Kier molecular flexibility index (Phi) is 8.31. The molecule has 2 heterocycles. The van der Waals surface area contributed by atoms with Crippen LogP contribution in [0.15, 0.2) is 29.4 Å². The van der Waals surface area contributed by atoms with Gasteiger partial charge in [-0.1, -0.05) is 29.1 Å². The molecule has 0 spiro atoms. The second-order valence-electron chi connectivity index (χ2n) is 11.7. The molecule has 0 saturated carbocycles. The minimum Gasteiger partial charge on any atom is -0.507 e. The van der Waals surface area contributed by atoms with Crippen LogP contribution in [0.4, 0.5) is 4.79 Å². The number of oxime groups is 1. The summed E-state index contributed by atoms with van der Waals surface area (Å²) in [5.74, 6) is 0.257. The third-order valence-corrected chi connectivity index (χ3v) is 8.19. The molecule has 4 rings (SSSR count). The van der Waals surface area contributed by atoms with Crippen LogP contribution >= 0.6 is 11.8 Å². The average Bonchev–Trinajstić information content (AvgIpc) is 3.15. The zero-order chi connectivity index (χ0) is 30.3. The van der Waals surface area contributed by atoms with Crippen LogP contribution in [-0.2, 0) is 20.7 Å². The molecule has 41 heavy (non-hydrogen) atoms. The van der Waals surface area contributed by atoms with Crippen molar-refractivity contribution in [3.8, 4) is 17.2 Å². The number of benzene rings is 2. The summed E-state index contributed by atoms with van der Waals surface area (Å²) in [6.07, 6.45) is 0.589. The molecule has 11 heteroatoms. The van der Waals surface area contributed by atoms with Crippen molar-refractivity contribution in [3.05, 3.63) is 52.1 Å². The zero-order valence-electron chi connectivity index (χ0n) is 24.4. The molecule has 2 N–H and O–H groups in total. The lowest BCUT2D eigenvalue weighted by atomic mass is 9.86. The van der Waals surface area contributed by atoms with E-state index in [1.807, 2.05) is 32.9 Å². The maximum Gasteiger partial charge on any atom is 0.326 e. The molecule has 0 aliphatic carbocycles. The lowest BCUT2D eigenvalue weighted by molar-refractivity contribution is -0.157. The first kappa shape index (κ1) is 30.2. The van der Waals surface area contributed by atoms with Crippen LogP contribution in [0, 0.1) is 20.8 Å². The maximum absolute atomic E-state index is 12.8. The summed E-state index contributed by atoms with van der Waals surface area (Å²) >= 11 is 0.905. The Balaban J connectivity index is 1.39. The molecule has 2 unspecified atom stereocenters. The van der Waals surface area contributed by atoms with Crippen molar-refractivity contribution < 1.29 is 38.9 Å². The van der Waals surface area contributed by atoms with E-state index in [2.05, 4.69) is 5.16 Å². The SMILES string of the molecule is Cc1c(C)c2c(c(C)c1O)C(=NO)CC(C)(COc1ccc(CC3SC(=O)N(CC(=O)OC(C)(C)C)C3=O)cc1)O2. The Morgan fingerprint density at radius 2 is 1.80 bits per heavy atom. The molecule has 1 saturated heterocycles. The Hall–Kier alpha value is -3.73. The van der Waals surface area contributed by atoms with Gasteiger partial charge in [0, 0.05) is 17.5 Å². The normalized spacial score (nSPS) is 21.6. The molecule has 2 aromatic rings. The molecule has 0 aromatic heterocycles. The number of phenols is 1. The molecule has 0 bridgehead atoms. The summed E-state index contributed by atoms with van der Waals surface area (Å²) in [7, 11) is 0. The van der Waals surface area contributed by atoms with Crippen molar-refractivity contribution in [2.45, 2.75) is 77.8 Å². The van der Waals surface area contributed by atoms with Gasteiger partial charge in [-0.15, -0.1) is 0 Å². The average molecular weight is 585 g/mol. The number of hydrogen-bond acceptors (Lipinski definition) is 10. The Labute approximate surface area is 243 Å². The van der Waals surface area contributed by atoms with Crippen molar-refractivity contribution in [1.82, 2.24) is 4.90 Å². The van der Waals surface area contributed by atoms with Gasteiger partial charge >= 0.3 is 5.97 Å². The van der Waals surface area contributed by atoms with Gasteiger partial charge in [0.15, 0.2) is 0 Å². The third kappa shape index (κ3) is 6.45. The number of amides is 2. The molecular weight excluding hydrogens is 548 g/mol. The number of phenolic OH excluding ortho intramolecular Hbond substituents is 1. The standard InChI is InChI=1S/C30H36N2O8S/c1-16-17(2)26-24(18(3)25(16)34)21(31-37)13-30(7,40-26)15-38-20-10-8-19(9-11-20)12-22-27(35)32(28(36)41-22)14-23(33)39-29(4,5)6/h8-11,22,34,37H,12-15H2,1-7H3. The van der Waals surface area contributed by atoms with E-state index in [-0.39, 0.29) is 18.8 Å². The first-order chi connectivity index (χ1) is 19.1. The number of imide groups is 1. The van der Waals surface area contributed by atoms with Gasteiger partial charge in [-0.3, -0.25) is 19.3 Å². The van der Waals surface area contributed by atoms with E-state index in [0.29, 0.717) is 40.3 Å². The van der Waals surface area contributed by atoms with Crippen LogP contribution in [0.1, 0.15) is 61.9 Å². The summed E-state index contributed by atoms with van der Waals surface area (Å²) in [5, 5.41) is 22.7. The highest BCUT2D eigenvalue weighted by molar-refractivity contribution is 8.15. The quantitative estimate of drug-likeness (QED) is 0.260. The number of carbonyl (C=O) groups excluding carboxylic acids is 3. The summed E-state index contributed by atoms with van der Waals surface area (Å²) in [6.45, 7) is 12.2. The highest BCUT2D eigenvalue weighted by Crippen LogP contribution is 2.43. The molecule has 1 fully saturated rings. The molecule has 2 aliphatic heterocycles. The number of fused-ring (bicyclic) bond motifs is 1. The van der Waals surface area contributed by atoms with Crippen molar-refractivity contribution in [1.29, 1.82) is 0 Å². The fraction of sp³-hybridized carbons (Fsp3) is 0.467. The molecule has 2 aliphatic rings. The molecule has 220 valence electrons. The van der Waals surface area contributed by atoms with Crippen LogP contribution in [0.3, 0.4) is 0 Å². The van der Waals surface area contributed by atoms with Gasteiger partial charge < -0.3 is 24.5 Å². The van der Waals surface area contributed by atoms with Crippen LogP contribution < -0.4 is 9.47 Å². The first-order valence-corrected chi connectivity index (χ1v) is 14.2. The predicted molar refractivity (Wildman–Crippen MR) is 154 cm³/mol. The fourth-order valence-corrected chi connectivity index (χ4v) is 5.95. The number of hydrogen-bond donors (Lipinski definition) is 2. The molecule has 10 nitrogen and oxygen atoms in total. The highest BCUT2D eigenvalue weighted by atomic mass is 32.2. The summed E-state index contributed by atoms with van der Waals surface area (Å²) in [6, 6.07) is 7.20. The summed E-state index contributed by atoms with van der Waals surface area (Å²) < 4.78 is 17.7. The maximum atomic E-state index is 12.8. The second-order valence-corrected chi connectivity index (χ2v) is 12.9. The highest BCUT2D eigenvalue weighted by Gasteiger charge is 2.42. The first-order valence-electron chi connectivity index (χ1n) is 13.3. The number of rotatable bonds is 7. The van der Waals surface area contributed by atoms with Gasteiger partial charge in [0.2, 0.25) is 5.91 Å². The minimum atomic E-state index is -0.835. The van der Waals surface area contributed by atoms with Gasteiger partial charge in [-0.05, 0) is 83.7 Å². The van der Waals surface area contributed by atoms with E-state index in [1.165, 1.54) is 0 Å².